The summed E-state index contributed by atoms with van der Waals surface area (Å²) in [6.45, 7) is 0. The van der Waals surface area contributed by atoms with E-state index in [1.807, 2.05) is 18.2 Å². The normalized spacial score (nSPS) is 10.8. The molecule has 0 aliphatic carbocycles. The second-order valence-corrected chi connectivity index (χ2v) is 4.74. The summed E-state index contributed by atoms with van der Waals surface area (Å²) in [5.41, 5.74) is 2.05. The van der Waals surface area contributed by atoms with Crippen LogP contribution in [0.15, 0.2) is 54.7 Å². The van der Waals surface area contributed by atoms with Gasteiger partial charge in [0.15, 0.2) is 0 Å². The van der Waals surface area contributed by atoms with Crippen LogP contribution in [0.4, 0.5) is 0 Å². The highest BCUT2D eigenvalue weighted by molar-refractivity contribution is 6.17. The van der Waals surface area contributed by atoms with Gasteiger partial charge in [-0.05, 0) is 22.9 Å². The van der Waals surface area contributed by atoms with Crippen LogP contribution < -0.4 is 0 Å². The Labute approximate surface area is 117 Å². The first-order valence-electron chi connectivity index (χ1n) is 6.24. The van der Waals surface area contributed by atoms with Crippen molar-refractivity contribution in [3.05, 3.63) is 60.6 Å². The molecular formula is C16H13ClN2. The molecule has 94 valence electrons. The zero-order valence-electron chi connectivity index (χ0n) is 10.4. The zero-order valence-corrected chi connectivity index (χ0v) is 11.1. The largest absolute Gasteiger partial charge is 0.241 e. The molecule has 0 amide bonds. The third-order valence-electron chi connectivity index (χ3n) is 3.07. The third-order valence-corrected chi connectivity index (χ3v) is 3.26. The first-order chi connectivity index (χ1) is 9.36. The summed E-state index contributed by atoms with van der Waals surface area (Å²) in [5.74, 6) is 1.34. The van der Waals surface area contributed by atoms with E-state index >= 15 is 0 Å². The van der Waals surface area contributed by atoms with E-state index < -0.39 is 0 Å². The molecule has 1 aromatic heterocycles. The summed E-state index contributed by atoms with van der Waals surface area (Å²) in [6.07, 6.45) is 2.49. The van der Waals surface area contributed by atoms with E-state index in [2.05, 4.69) is 40.3 Å². The van der Waals surface area contributed by atoms with E-state index in [9.17, 15) is 0 Å². The highest BCUT2D eigenvalue weighted by atomic mass is 35.5. The van der Waals surface area contributed by atoms with Crippen molar-refractivity contribution in [1.82, 2.24) is 9.97 Å². The minimum atomic E-state index is 0.543. The van der Waals surface area contributed by atoms with Gasteiger partial charge in [0.05, 0.1) is 5.69 Å². The molecule has 0 saturated carbocycles. The predicted octanol–water partition coefficient (Wildman–Crippen LogP) is 4.08. The fourth-order valence-corrected chi connectivity index (χ4v) is 2.28. The van der Waals surface area contributed by atoms with Crippen LogP contribution in [0.25, 0.3) is 22.0 Å². The van der Waals surface area contributed by atoms with Crippen molar-refractivity contribution in [2.24, 2.45) is 0 Å². The number of benzene rings is 2. The third kappa shape index (κ3) is 2.59. The van der Waals surface area contributed by atoms with Gasteiger partial charge in [-0.1, -0.05) is 36.4 Å². The Morgan fingerprint density at radius 2 is 1.79 bits per heavy atom. The van der Waals surface area contributed by atoms with Gasteiger partial charge in [-0.15, -0.1) is 11.6 Å². The summed E-state index contributed by atoms with van der Waals surface area (Å²) in [6, 6.07) is 16.6. The molecule has 0 fully saturated rings. The number of aromatic nitrogens is 2. The number of halogens is 1. The zero-order chi connectivity index (χ0) is 13.1. The van der Waals surface area contributed by atoms with Crippen LogP contribution in [0.5, 0.6) is 0 Å². The molecule has 0 radical (unpaired) electrons. The van der Waals surface area contributed by atoms with Crippen molar-refractivity contribution in [3.8, 4) is 11.3 Å². The first-order valence-corrected chi connectivity index (χ1v) is 6.77. The summed E-state index contributed by atoms with van der Waals surface area (Å²) in [5, 5.41) is 2.46. The van der Waals surface area contributed by atoms with Gasteiger partial charge in [0.25, 0.3) is 0 Å². The van der Waals surface area contributed by atoms with Crippen molar-refractivity contribution in [1.29, 1.82) is 0 Å². The Bertz CT molecular complexity index is 710. The molecule has 0 N–H and O–H groups in total. The van der Waals surface area contributed by atoms with E-state index in [1.54, 1.807) is 6.20 Å². The van der Waals surface area contributed by atoms with Gasteiger partial charge < -0.3 is 0 Å². The second-order valence-electron chi connectivity index (χ2n) is 4.36. The Balaban J connectivity index is 2.05. The maximum atomic E-state index is 5.73. The van der Waals surface area contributed by atoms with Crippen LogP contribution in [0.2, 0.25) is 0 Å². The first kappa shape index (κ1) is 12.1. The molecule has 2 aromatic carbocycles. The minimum Gasteiger partial charge on any atom is -0.241 e. The molecule has 0 atom stereocenters. The van der Waals surface area contributed by atoms with Crippen LogP contribution in [0, 0.1) is 0 Å². The van der Waals surface area contributed by atoms with Crippen LogP contribution >= 0.6 is 11.6 Å². The van der Waals surface area contributed by atoms with E-state index in [-0.39, 0.29) is 0 Å². The molecule has 0 spiro atoms. The summed E-state index contributed by atoms with van der Waals surface area (Å²) in [4.78, 5) is 8.77. The average Bonchev–Trinajstić information content (AvgIpc) is 2.47. The van der Waals surface area contributed by atoms with E-state index in [0.29, 0.717) is 12.3 Å². The minimum absolute atomic E-state index is 0.543. The monoisotopic (exact) mass is 268 g/mol. The number of fused-ring (bicyclic) bond motifs is 1. The van der Waals surface area contributed by atoms with Crippen LogP contribution in [0.1, 0.15) is 5.82 Å². The van der Waals surface area contributed by atoms with E-state index in [4.69, 9.17) is 11.6 Å². The Hall–Kier alpha value is -1.93. The number of hydrogen-bond donors (Lipinski definition) is 0. The number of aryl methyl sites for hydroxylation is 1. The van der Waals surface area contributed by atoms with Crippen molar-refractivity contribution in [3.63, 3.8) is 0 Å². The lowest BCUT2D eigenvalue weighted by Gasteiger charge is -2.05. The van der Waals surface area contributed by atoms with Crippen molar-refractivity contribution < 1.29 is 0 Å². The highest BCUT2D eigenvalue weighted by Crippen LogP contribution is 2.22. The maximum Gasteiger partial charge on any atom is 0.130 e. The lowest BCUT2D eigenvalue weighted by atomic mass is 10.1. The molecule has 0 bridgehead atoms. The smallest absolute Gasteiger partial charge is 0.130 e. The molecule has 1 heterocycles. The van der Waals surface area contributed by atoms with Gasteiger partial charge in [0.1, 0.15) is 5.82 Å². The molecule has 3 rings (SSSR count). The molecule has 3 aromatic rings. The van der Waals surface area contributed by atoms with Crippen LogP contribution in [-0.4, -0.2) is 15.8 Å². The highest BCUT2D eigenvalue weighted by Gasteiger charge is 2.03. The van der Waals surface area contributed by atoms with Crippen molar-refractivity contribution in [2.45, 2.75) is 6.42 Å². The fourth-order valence-electron chi connectivity index (χ4n) is 2.11. The Kier molecular flexibility index (Phi) is 3.43. The molecule has 3 heteroatoms. The van der Waals surface area contributed by atoms with E-state index in [0.717, 1.165) is 17.1 Å². The topological polar surface area (TPSA) is 25.8 Å². The van der Waals surface area contributed by atoms with Gasteiger partial charge >= 0.3 is 0 Å². The molecule has 0 aliphatic heterocycles. The standard InChI is InChI=1S/C16H13ClN2/c17-9-7-16-18-10-8-15(19-16)14-6-5-12-3-1-2-4-13(12)11-14/h1-6,8,10-11H,7,9H2. The Morgan fingerprint density at radius 3 is 2.63 bits per heavy atom. The van der Waals surface area contributed by atoms with Gasteiger partial charge in [-0.3, -0.25) is 0 Å². The lowest BCUT2D eigenvalue weighted by Crippen LogP contribution is -1.97. The van der Waals surface area contributed by atoms with Gasteiger partial charge in [-0.25, -0.2) is 9.97 Å². The van der Waals surface area contributed by atoms with Crippen molar-refractivity contribution >= 4 is 22.4 Å². The lowest BCUT2D eigenvalue weighted by molar-refractivity contribution is 0.948. The van der Waals surface area contributed by atoms with Gasteiger partial charge in [0.2, 0.25) is 0 Å². The number of nitrogens with zero attached hydrogens (tertiary/aromatic N) is 2. The van der Waals surface area contributed by atoms with Gasteiger partial charge in [0, 0.05) is 24.1 Å². The summed E-state index contributed by atoms with van der Waals surface area (Å²) >= 11 is 5.73. The molecule has 2 nitrogen and oxygen atoms in total. The summed E-state index contributed by atoms with van der Waals surface area (Å²) < 4.78 is 0. The van der Waals surface area contributed by atoms with Crippen LogP contribution in [0.3, 0.4) is 0 Å². The Morgan fingerprint density at radius 1 is 0.947 bits per heavy atom. The quantitative estimate of drug-likeness (QED) is 0.669. The molecule has 0 aliphatic rings. The average molecular weight is 269 g/mol. The molecular weight excluding hydrogens is 256 g/mol. The number of alkyl halides is 1. The maximum absolute atomic E-state index is 5.73. The second kappa shape index (κ2) is 5.37. The van der Waals surface area contributed by atoms with E-state index in [1.165, 1.54) is 10.8 Å². The fraction of sp³-hybridized carbons (Fsp3) is 0.125. The SMILES string of the molecule is ClCCc1nccc(-c2ccc3ccccc3c2)n1. The predicted molar refractivity (Wildman–Crippen MR) is 79.4 cm³/mol. The van der Waals surface area contributed by atoms with Crippen LogP contribution in [-0.2, 0) is 6.42 Å². The number of hydrogen-bond acceptors (Lipinski definition) is 2. The molecule has 0 saturated heterocycles. The van der Waals surface area contributed by atoms with Gasteiger partial charge in [-0.2, -0.15) is 0 Å². The molecule has 0 unspecified atom stereocenters. The van der Waals surface area contributed by atoms with Crippen molar-refractivity contribution in [2.75, 3.05) is 5.88 Å². The number of rotatable bonds is 3. The molecule has 19 heavy (non-hydrogen) atoms. The summed E-state index contributed by atoms with van der Waals surface area (Å²) in [7, 11) is 0.